The molecule has 3 rings (SSSR count). The average Bonchev–Trinajstić information content (AvgIpc) is 3.10. The fraction of sp³-hybridized carbons (Fsp3) is 0.300. The van der Waals surface area contributed by atoms with Crippen LogP contribution < -0.4 is 4.74 Å². The predicted molar refractivity (Wildman–Crippen MR) is 108 cm³/mol. The van der Waals surface area contributed by atoms with Crippen LogP contribution in [0.25, 0.3) is 17.1 Å². The molecular weight excluding hydrogens is 376 g/mol. The summed E-state index contributed by atoms with van der Waals surface area (Å²) in [5.41, 5.74) is 1.22. The Hall–Kier alpha value is -2.87. The number of pyridine rings is 1. The minimum Gasteiger partial charge on any atom is -0.497 e. The van der Waals surface area contributed by atoms with Crippen molar-refractivity contribution < 1.29 is 14.3 Å². The number of hydrogen-bond acceptors (Lipinski definition) is 7. The summed E-state index contributed by atoms with van der Waals surface area (Å²) in [6, 6.07) is 11.3. The molecule has 0 aliphatic carbocycles. The van der Waals surface area contributed by atoms with E-state index < -0.39 is 5.60 Å². The van der Waals surface area contributed by atoms with Gasteiger partial charge in [-0.15, -0.1) is 10.2 Å². The lowest BCUT2D eigenvalue weighted by molar-refractivity contribution is -0.151. The van der Waals surface area contributed by atoms with Gasteiger partial charge in [-0.05, 0) is 57.2 Å². The first kappa shape index (κ1) is 19.9. The number of carbonyl (C=O) groups is 1. The molecule has 0 amide bonds. The summed E-state index contributed by atoms with van der Waals surface area (Å²) in [6.07, 6.45) is 3.41. The van der Waals surface area contributed by atoms with Crippen molar-refractivity contribution in [3.8, 4) is 22.8 Å². The Bertz CT molecular complexity index is 934. The lowest BCUT2D eigenvalue weighted by Gasteiger charge is -2.19. The van der Waals surface area contributed by atoms with Gasteiger partial charge in [-0.2, -0.15) is 0 Å². The van der Waals surface area contributed by atoms with Gasteiger partial charge in [0.05, 0.1) is 12.9 Å². The van der Waals surface area contributed by atoms with Crippen molar-refractivity contribution in [3.05, 3.63) is 48.8 Å². The van der Waals surface area contributed by atoms with Gasteiger partial charge in [-0.25, -0.2) is 0 Å². The standard InChI is InChI=1S/C20H22N4O3S/c1-20(2,3)27-17(25)13-28-19-23-22-18(14-9-11-21-12-10-14)24(19)15-5-7-16(26-4)8-6-15/h5-12H,13H2,1-4H3. The van der Waals surface area contributed by atoms with Crippen LogP contribution in [0.4, 0.5) is 0 Å². The van der Waals surface area contributed by atoms with Gasteiger partial charge in [0.25, 0.3) is 0 Å². The van der Waals surface area contributed by atoms with Crippen LogP contribution >= 0.6 is 11.8 Å². The topological polar surface area (TPSA) is 79.1 Å². The number of methoxy groups -OCH3 is 1. The highest BCUT2D eigenvalue weighted by atomic mass is 32.2. The van der Waals surface area contributed by atoms with Crippen LogP contribution in [0.15, 0.2) is 53.9 Å². The highest BCUT2D eigenvalue weighted by molar-refractivity contribution is 7.99. The fourth-order valence-corrected chi connectivity index (χ4v) is 3.24. The number of ether oxygens (including phenoxy) is 2. The molecule has 2 heterocycles. The molecule has 8 heteroatoms. The monoisotopic (exact) mass is 398 g/mol. The van der Waals surface area contributed by atoms with Gasteiger partial charge >= 0.3 is 5.97 Å². The van der Waals surface area contributed by atoms with E-state index in [1.54, 1.807) is 19.5 Å². The summed E-state index contributed by atoms with van der Waals surface area (Å²) in [5.74, 6) is 1.26. The third-order valence-corrected chi connectivity index (χ3v) is 4.54. The summed E-state index contributed by atoms with van der Waals surface area (Å²) in [4.78, 5) is 16.2. The first-order valence-corrected chi connectivity index (χ1v) is 9.71. The number of benzene rings is 1. The molecule has 3 aromatic rings. The minimum absolute atomic E-state index is 0.141. The molecule has 0 saturated carbocycles. The summed E-state index contributed by atoms with van der Waals surface area (Å²) < 4.78 is 12.5. The third kappa shape index (κ3) is 4.89. The molecule has 0 spiro atoms. The number of rotatable bonds is 6. The van der Waals surface area contributed by atoms with Crippen molar-refractivity contribution in [2.45, 2.75) is 31.5 Å². The quantitative estimate of drug-likeness (QED) is 0.462. The van der Waals surface area contributed by atoms with Crippen molar-refractivity contribution in [1.82, 2.24) is 19.7 Å². The summed E-state index contributed by atoms with van der Waals surface area (Å²) in [7, 11) is 1.62. The van der Waals surface area contributed by atoms with Crippen LogP contribution in [0.1, 0.15) is 20.8 Å². The van der Waals surface area contributed by atoms with Crippen LogP contribution in [0.2, 0.25) is 0 Å². The molecule has 0 atom stereocenters. The van der Waals surface area contributed by atoms with Crippen molar-refractivity contribution >= 4 is 17.7 Å². The Morgan fingerprint density at radius 2 is 1.75 bits per heavy atom. The second-order valence-electron chi connectivity index (χ2n) is 6.95. The number of carbonyl (C=O) groups excluding carboxylic acids is 1. The number of esters is 1. The van der Waals surface area contributed by atoms with Crippen molar-refractivity contribution in [1.29, 1.82) is 0 Å². The summed E-state index contributed by atoms with van der Waals surface area (Å²) in [5, 5.41) is 9.24. The number of thioether (sulfide) groups is 1. The maximum Gasteiger partial charge on any atom is 0.316 e. The van der Waals surface area contributed by atoms with E-state index >= 15 is 0 Å². The second kappa shape index (κ2) is 8.43. The van der Waals surface area contributed by atoms with Gasteiger partial charge in [0.2, 0.25) is 0 Å². The molecule has 146 valence electrons. The van der Waals surface area contributed by atoms with Crippen molar-refractivity contribution in [2.75, 3.05) is 12.9 Å². The van der Waals surface area contributed by atoms with E-state index in [-0.39, 0.29) is 11.7 Å². The van der Waals surface area contributed by atoms with Crippen molar-refractivity contribution in [3.63, 3.8) is 0 Å². The van der Waals surface area contributed by atoms with Gasteiger partial charge in [0, 0.05) is 23.6 Å². The lowest BCUT2D eigenvalue weighted by atomic mass is 10.2. The highest BCUT2D eigenvalue weighted by Crippen LogP contribution is 2.29. The van der Waals surface area contributed by atoms with E-state index in [0.717, 1.165) is 17.0 Å². The molecule has 0 aliphatic heterocycles. The summed E-state index contributed by atoms with van der Waals surface area (Å²) >= 11 is 1.28. The van der Waals surface area contributed by atoms with Crippen LogP contribution in [0.3, 0.4) is 0 Å². The van der Waals surface area contributed by atoms with Crippen LogP contribution in [0, 0.1) is 0 Å². The van der Waals surface area contributed by atoms with Crippen LogP contribution in [-0.2, 0) is 9.53 Å². The molecule has 7 nitrogen and oxygen atoms in total. The fourth-order valence-electron chi connectivity index (χ4n) is 2.51. The molecule has 0 radical (unpaired) electrons. The SMILES string of the molecule is COc1ccc(-n2c(SCC(=O)OC(C)(C)C)nnc2-c2ccncc2)cc1. The molecule has 0 bridgehead atoms. The Morgan fingerprint density at radius 3 is 2.36 bits per heavy atom. The Kier molecular flexibility index (Phi) is 5.99. The van der Waals surface area contributed by atoms with E-state index in [4.69, 9.17) is 9.47 Å². The van der Waals surface area contributed by atoms with Gasteiger partial charge in [-0.3, -0.25) is 14.3 Å². The predicted octanol–water partition coefficient (Wildman–Crippen LogP) is 3.77. The van der Waals surface area contributed by atoms with E-state index in [1.165, 1.54) is 11.8 Å². The van der Waals surface area contributed by atoms with Gasteiger partial charge in [-0.1, -0.05) is 11.8 Å². The largest absolute Gasteiger partial charge is 0.497 e. The molecular formula is C20H22N4O3S. The average molecular weight is 398 g/mol. The zero-order chi connectivity index (χ0) is 20.1. The Balaban J connectivity index is 1.93. The minimum atomic E-state index is -0.524. The van der Waals surface area contributed by atoms with E-state index in [0.29, 0.717) is 11.0 Å². The Morgan fingerprint density at radius 1 is 1.07 bits per heavy atom. The highest BCUT2D eigenvalue weighted by Gasteiger charge is 2.20. The molecule has 0 N–H and O–H groups in total. The van der Waals surface area contributed by atoms with Gasteiger partial charge in [0.1, 0.15) is 11.4 Å². The van der Waals surface area contributed by atoms with Crippen LogP contribution in [-0.4, -0.2) is 44.2 Å². The van der Waals surface area contributed by atoms with Crippen LogP contribution in [0.5, 0.6) is 5.75 Å². The second-order valence-corrected chi connectivity index (χ2v) is 7.89. The number of hydrogen-bond donors (Lipinski definition) is 0. The molecule has 0 saturated heterocycles. The first-order chi connectivity index (χ1) is 13.4. The van der Waals surface area contributed by atoms with E-state index in [1.807, 2.05) is 61.7 Å². The first-order valence-electron chi connectivity index (χ1n) is 8.72. The van der Waals surface area contributed by atoms with E-state index in [2.05, 4.69) is 15.2 Å². The normalized spacial score (nSPS) is 11.3. The van der Waals surface area contributed by atoms with Gasteiger partial charge < -0.3 is 9.47 Å². The third-order valence-electron chi connectivity index (χ3n) is 3.64. The zero-order valence-electron chi connectivity index (χ0n) is 16.2. The molecule has 0 aliphatic rings. The lowest BCUT2D eigenvalue weighted by Crippen LogP contribution is -2.25. The summed E-state index contributed by atoms with van der Waals surface area (Å²) in [6.45, 7) is 5.53. The maximum absolute atomic E-state index is 12.1. The number of nitrogens with zero attached hydrogens (tertiary/aromatic N) is 4. The number of aromatic nitrogens is 4. The zero-order valence-corrected chi connectivity index (χ0v) is 17.1. The van der Waals surface area contributed by atoms with Crippen molar-refractivity contribution in [2.24, 2.45) is 0 Å². The molecule has 1 aromatic carbocycles. The molecule has 28 heavy (non-hydrogen) atoms. The van der Waals surface area contributed by atoms with E-state index in [9.17, 15) is 4.79 Å². The smallest absolute Gasteiger partial charge is 0.316 e. The molecule has 2 aromatic heterocycles. The molecule has 0 unspecified atom stereocenters. The molecule has 0 fully saturated rings. The maximum atomic E-state index is 12.1. The van der Waals surface area contributed by atoms with Gasteiger partial charge in [0.15, 0.2) is 11.0 Å². The Labute approximate surface area is 168 Å².